The van der Waals surface area contributed by atoms with E-state index in [1.807, 2.05) is 25.1 Å². The fraction of sp³-hybridized carbons (Fsp3) is 0.176. The molecule has 0 aliphatic heterocycles. The number of aryl methyl sites for hydroxylation is 1. The number of hydrogen-bond acceptors (Lipinski definition) is 3. The first-order chi connectivity index (χ1) is 11.0. The van der Waals surface area contributed by atoms with E-state index in [-0.39, 0.29) is 12.3 Å². The molecule has 0 aliphatic rings. The summed E-state index contributed by atoms with van der Waals surface area (Å²) in [5.74, 6) is 0.111. The Kier molecular flexibility index (Phi) is 4.28. The summed E-state index contributed by atoms with van der Waals surface area (Å²) in [5.41, 5.74) is 2.03. The topological polar surface area (TPSA) is 44.1 Å². The molecule has 2 aromatic heterocycles. The zero-order valence-corrected chi connectivity index (χ0v) is 14.1. The van der Waals surface area contributed by atoms with Crippen molar-refractivity contribution < 1.29 is 9.53 Å². The Bertz CT molecular complexity index is 903. The third-order valence-corrected chi connectivity index (χ3v) is 4.08. The minimum Gasteiger partial charge on any atom is -0.461 e. The van der Waals surface area contributed by atoms with Crippen molar-refractivity contribution in [3.05, 3.63) is 57.8 Å². The van der Waals surface area contributed by atoms with Gasteiger partial charge in [0.25, 0.3) is 0 Å². The van der Waals surface area contributed by atoms with Crippen LogP contribution in [-0.2, 0) is 4.74 Å². The maximum atomic E-state index is 12.4. The standard InChI is InChI=1S/C17H14Cl2N2O2/c1-3-23-17(22)16-15(19)12-9-11(18)4-5-13(12)21(16)14-8-10(2)6-7-20-14/h4-9H,3H2,1-2H3. The van der Waals surface area contributed by atoms with Gasteiger partial charge in [0.1, 0.15) is 5.82 Å². The second-order valence-electron chi connectivity index (χ2n) is 5.07. The van der Waals surface area contributed by atoms with E-state index in [4.69, 9.17) is 27.9 Å². The predicted octanol–water partition coefficient (Wildman–Crippen LogP) is 4.82. The van der Waals surface area contributed by atoms with Gasteiger partial charge in [-0.1, -0.05) is 23.2 Å². The number of hydrogen-bond donors (Lipinski definition) is 0. The summed E-state index contributed by atoms with van der Waals surface area (Å²) >= 11 is 12.5. The van der Waals surface area contributed by atoms with Crippen molar-refractivity contribution in [3.63, 3.8) is 0 Å². The Balaban J connectivity index is 2.37. The minimum absolute atomic E-state index is 0.254. The lowest BCUT2D eigenvalue weighted by molar-refractivity contribution is 0.0517. The van der Waals surface area contributed by atoms with Crippen molar-refractivity contribution in [3.8, 4) is 5.82 Å². The molecule has 0 bridgehead atoms. The number of nitrogens with zero attached hydrogens (tertiary/aromatic N) is 2. The van der Waals surface area contributed by atoms with Crippen LogP contribution in [0.15, 0.2) is 36.5 Å². The monoisotopic (exact) mass is 348 g/mol. The summed E-state index contributed by atoms with van der Waals surface area (Å²) in [6.07, 6.45) is 1.69. The van der Waals surface area contributed by atoms with Gasteiger partial charge in [0.15, 0.2) is 5.69 Å². The van der Waals surface area contributed by atoms with Crippen molar-refractivity contribution >= 4 is 40.1 Å². The van der Waals surface area contributed by atoms with Crippen LogP contribution in [0.4, 0.5) is 0 Å². The second kappa shape index (κ2) is 6.22. The molecule has 0 amide bonds. The zero-order chi connectivity index (χ0) is 16.6. The fourth-order valence-corrected chi connectivity index (χ4v) is 2.97. The molecule has 0 aliphatic carbocycles. The van der Waals surface area contributed by atoms with Crippen LogP contribution in [0, 0.1) is 6.92 Å². The van der Waals surface area contributed by atoms with E-state index in [1.54, 1.807) is 29.8 Å². The van der Waals surface area contributed by atoms with Crippen molar-refractivity contribution in [1.82, 2.24) is 9.55 Å². The third kappa shape index (κ3) is 2.80. The summed E-state index contributed by atoms with van der Waals surface area (Å²) < 4.78 is 6.86. The molecular formula is C17H14Cl2N2O2. The van der Waals surface area contributed by atoms with E-state index >= 15 is 0 Å². The first-order valence-electron chi connectivity index (χ1n) is 7.12. The van der Waals surface area contributed by atoms with Gasteiger partial charge in [0.05, 0.1) is 17.1 Å². The maximum absolute atomic E-state index is 12.4. The number of carbonyl (C=O) groups is 1. The Hall–Kier alpha value is -2.04. The predicted molar refractivity (Wildman–Crippen MR) is 91.8 cm³/mol. The van der Waals surface area contributed by atoms with Crippen LogP contribution in [-0.4, -0.2) is 22.1 Å². The van der Waals surface area contributed by atoms with Crippen LogP contribution in [0.25, 0.3) is 16.7 Å². The molecule has 4 nitrogen and oxygen atoms in total. The number of pyridine rings is 1. The second-order valence-corrected chi connectivity index (χ2v) is 5.89. The average molecular weight is 349 g/mol. The van der Waals surface area contributed by atoms with E-state index in [1.165, 1.54) is 0 Å². The summed E-state index contributed by atoms with van der Waals surface area (Å²) in [6, 6.07) is 9.07. The van der Waals surface area contributed by atoms with Crippen LogP contribution in [0.2, 0.25) is 10.0 Å². The van der Waals surface area contributed by atoms with Crippen LogP contribution in [0.5, 0.6) is 0 Å². The molecule has 3 aromatic rings. The number of halogens is 2. The lowest BCUT2D eigenvalue weighted by atomic mass is 10.2. The summed E-state index contributed by atoms with van der Waals surface area (Å²) in [5, 5.41) is 1.54. The van der Waals surface area contributed by atoms with Gasteiger partial charge in [-0.3, -0.25) is 4.57 Å². The third-order valence-electron chi connectivity index (χ3n) is 3.47. The zero-order valence-electron chi connectivity index (χ0n) is 12.6. The van der Waals surface area contributed by atoms with Crippen molar-refractivity contribution in [2.45, 2.75) is 13.8 Å². The molecule has 2 heterocycles. The molecule has 6 heteroatoms. The molecule has 0 unspecified atom stereocenters. The number of carbonyl (C=O) groups excluding carboxylic acids is 1. The Morgan fingerprint density at radius 1 is 1.26 bits per heavy atom. The van der Waals surface area contributed by atoms with E-state index in [9.17, 15) is 4.79 Å². The lowest BCUT2D eigenvalue weighted by Crippen LogP contribution is -2.12. The minimum atomic E-state index is -0.492. The van der Waals surface area contributed by atoms with E-state index in [0.29, 0.717) is 21.2 Å². The van der Waals surface area contributed by atoms with Gasteiger partial charge in [-0.15, -0.1) is 0 Å². The molecule has 0 atom stereocenters. The average Bonchev–Trinajstić information content (AvgIpc) is 2.80. The highest BCUT2D eigenvalue weighted by Crippen LogP contribution is 2.35. The molecule has 0 N–H and O–H groups in total. The maximum Gasteiger partial charge on any atom is 0.356 e. The largest absolute Gasteiger partial charge is 0.461 e. The van der Waals surface area contributed by atoms with Gasteiger partial charge in [-0.25, -0.2) is 9.78 Å². The Morgan fingerprint density at radius 3 is 2.74 bits per heavy atom. The van der Waals surface area contributed by atoms with Crippen LogP contribution in [0.1, 0.15) is 23.0 Å². The van der Waals surface area contributed by atoms with Gasteiger partial charge < -0.3 is 4.74 Å². The molecular weight excluding hydrogens is 335 g/mol. The lowest BCUT2D eigenvalue weighted by Gasteiger charge is -2.10. The molecule has 0 radical (unpaired) electrons. The molecule has 3 rings (SSSR count). The Labute approximate surface area is 143 Å². The normalized spacial score (nSPS) is 11.0. The van der Waals surface area contributed by atoms with Crippen LogP contribution >= 0.6 is 23.2 Å². The summed E-state index contributed by atoms with van der Waals surface area (Å²) in [4.78, 5) is 16.8. The van der Waals surface area contributed by atoms with Crippen molar-refractivity contribution in [2.75, 3.05) is 6.61 Å². The number of ether oxygens (including phenoxy) is 1. The van der Waals surface area contributed by atoms with Crippen LogP contribution < -0.4 is 0 Å². The Morgan fingerprint density at radius 2 is 2.04 bits per heavy atom. The number of esters is 1. The van der Waals surface area contributed by atoms with Gasteiger partial charge >= 0.3 is 5.97 Å². The van der Waals surface area contributed by atoms with Gasteiger partial charge in [0, 0.05) is 16.6 Å². The molecule has 0 saturated heterocycles. The fourth-order valence-electron chi connectivity index (χ4n) is 2.49. The number of rotatable bonds is 3. The number of aromatic nitrogens is 2. The molecule has 1 aromatic carbocycles. The first-order valence-corrected chi connectivity index (χ1v) is 7.88. The van der Waals surface area contributed by atoms with E-state index in [0.717, 1.165) is 11.1 Å². The van der Waals surface area contributed by atoms with Gasteiger partial charge in [-0.2, -0.15) is 0 Å². The highest BCUT2D eigenvalue weighted by molar-refractivity contribution is 6.39. The molecule has 0 spiro atoms. The molecule has 23 heavy (non-hydrogen) atoms. The van der Waals surface area contributed by atoms with Gasteiger partial charge in [0.2, 0.25) is 0 Å². The van der Waals surface area contributed by atoms with Gasteiger partial charge in [-0.05, 0) is 49.7 Å². The number of benzene rings is 1. The summed E-state index contributed by atoms with van der Waals surface area (Å²) in [6.45, 7) is 3.97. The SMILES string of the molecule is CCOC(=O)c1c(Cl)c2cc(Cl)ccc2n1-c1cc(C)ccn1. The highest BCUT2D eigenvalue weighted by Gasteiger charge is 2.24. The van der Waals surface area contributed by atoms with Crippen molar-refractivity contribution in [2.24, 2.45) is 0 Å². The molecule has 0 saturated carbocycles. The molecule has 118 valence electrons. The van der Waals surface area contributed by atoms with E-state index in [2.05, 4.69) is 4.98 Å². The first kappa shape index (κ1) is 15.8. The quantitative estimate of drug-likeness (QED) is 0.637. The highest BCUT2D eigenvalue weighted by atomic mass is 35.5. The van der Waals surface area contributed by atoms with Crippen molar-refractivity contribution in [1.29, 1.82) is 0 Å². The smallest absolute Gasteiger partial charge is 0.356 e. The van der Waals surface area contributed by atoms with E-state index < -0.39 is 5.97 Å². The summed E-state index contributed by atoms with van der Waals surface area (Å²) in [7, 11) is 0. The van der Waals surface area contributed by atoms with Crippen LogP contribution in [0.3, 0.4) is 0 Å². The molecule has 0 fully saturated rings. The number of fused-ring (bicyclic) bond motifs is 1.